The van der Waals surface area contributed by atoms with Crippen LogP contribution in [0.4, 0.5) is 5.00 Å². The average Bonchev–Trinajstić information content (AvgIpc) is 2.97. The Morgan fingerprint density at radius 1 is 1.21 bits per heavy atom. The average molecular weight is 464 g/mol. The number of carbonyl (C=O) groups excluding carboxylic acids is 2. The molecule has 1 amide bonds. The summed E-state index contributed by atoms with van der Waals surface area (Å²) < 4.78 is 5.23. The van der Waals surface area contributed by atoms with Crippen molar-refractivity contribution in [2.75, 3.05) is 25.0 Å². The monoisotopic (exact) mass is 462 g/mol. The Morgan fingerprint density at radius 2 is 1.89 bits per heavy atom. The predicted octanol–water partition coefficient (Wildman–Crippen LogP) is 5.28. The van der Waals surface area contributed by atoms with Gasteiger partial charge in [-0.3, -0.25) is 9.69 Å². The van der Waals surface area contributed by atoms with Gasteiger partial charge in [-0.1, -0.05) is 30.1 Å². The van der Waals surface area contributed by atoms with Gasteiger partial charge >= 0.3 is 5.97 Å². The molecule has 2 heterocycles. The fourth-order valence-electron chi connectivity index (χ4n) is 3.09. The number of amides is 1. The predicted molar refractivity (Wildman–Crippen MR) is 117 cm³/mol. The van der Waals surface area contributed by atoms with Crippen LogP contribution in [0.25, 0.3) is 0 Å². The van der Waals surface area contributed by atoms with E-state index < -0.39 is 5.97 Å². The van der Waals surface area contributed by atoms with E-state index in [4.69, 9.17) is 27.9 Å². The van der Waals surface area contributed by atoms with Crippen LogP contribution in [-0.4, -0.2) is 36.5 Å². The van der Waals surface area contributed by atoms with Gasteiger partial charge in [-0.25, -0.2) is 4.79 Å². The lowest BCUT2D eigenvalue weighted by atomic mass is 10.0. The molecule has 0 saturated carbocycles. The Balaban J connectivity index is 0.00000280. The van der Waals surface area contributed by atoms with Gasteiger partial charge in [0, 0.05) is 33.6 Å². The van der Waals surface area contributed by atoms with Gasteiger partial charge in [0.2, 0.25) is 0 Å². The third-order valence-electron chi connectivity index (χ3n) is 4.41. The van der Waals surface area contributed by atoms with Gasteiger partial charge < -0.3 is 10.1 Å². The molecule has 3 rings (SSSR count). The van der Waals surface area contributed by atoms with Crippen molar-refractivity contribution in [2.24, 2.45) is 0 Å². The minimum atomic E-state index is -0.403. The summed E-state index contributed by atoms with van der Waals surface area (Å²) in [6.07, 6.45) is 0.757. The highest BCUT2D eigenvalue weighted by atomic mass is 35.5. The molecule has 1 aromatic heterocycles. The topological polar surface area (TPSA) is 58.6 Å². The number of nitrogens with one attached hydrogen (secondary N) is 1. The van der Waals surface area contributed by atoms with E-state index in [2.05, 4.69) is 17.1 Å². The molecular weight excluding hydrogens is 443 g/mol. The number of hydrogen-bond donors (Lipinski definition) is 1. The van der Waals surface area contributed by atoms with Gasteiger partial charge in [0.15, 0.2) is 0 Å². The van der Waals surface area contributed by atoms with Crippen LogP contribution < -0.4 is 5.32 Å². The third kappa shape index (κ3) is 4.99. The molecule has 0 spiro atoms. The van der Waals surface area contributed by atoms with E-state index in [0.717, 1.165) is 36.5 Å². The first-order valence-corrected chi connectivity index (χ1v) is 10.3. The van der Waals surface area contributed by atoms with Gasteiger partial charge in [0.25, 0.3) is 5.91 Å². The molecule has 0 bridgehead atoms. The maximum atomic E-state index is 12.7. The standard InChI is InChI=1S/C19H20Cl2N2O3S.ClH/c1-3-23-6-5-14-15(10-23)27-18(16(14)19(25)26-4-2)22-17(24)11-7-12(20)9-13(21)8-11;/h7-9H,3-6,10H2,1-2H3,(H,22,24);1H. The van der Waals surface area contributed by atoms with Crippen LogP contribution >= 0.6 is 46.9 Å². The van der Waals surface area contributed by atoms with E-state index in [1.54, 1.807) is 25.1 Å². The number of esters is 1. The highest BCUT2D eigenvalue weighted by molar-refractivity contribution is 7.17. The zero-order chi connectivity index (χ0) is 19.6. The number of halogens is 3. The number of nitrogens with zero attached hydrogens (tertiary/aromatic N) is 1. The van der Waals surface area contributed by atoms with Gasteiger partial charge in [0.05, 0.1) is 12.2 Å². The molecule has 0 radical (unpaired) electrons. The number of ether oxygens (including phenoxy) is 1. The highest BCUT2D eigenvalue weighted by Gasteiger charge is 2.29. The molecule has 2 aromatic rings. The smallest absolute Gasteiger partial charge is 0.341 e. The van der Waals surface area contributed by atoms with Crippen molar-refractivity contribution in [3.63, 3.8) is 0 Å². The van der Waals surface area contributed by atoms with Crippen molar-refractivity contribution in [3.8, 4) is 0 Å². The van der Waals surface area contributed by atoms with Crippen LogP contribution in [0.1, 0.15) is 45.0 Å². The largest absolute Gasteiger partial charge is 0.462 e. The summed E-state index contributed by atoms with van der Waals surface area (Å²) in [5.74, 6) is -0.768. The van der Waals surface area contributed by atoms with Crippen LogP contribution in [0, 0.1) is 0 Å². The lowest BCUT2D eigenvalue weighted by Gasteiger charge is -2.25. The minimum absolute atomic E-state index is 0. The number of thiophene rings is 1. The minimum Gasteiger partial charge on any atom is -0.462 e. The third-order valence-corrected chi connectivity index (χ3v) is 5.98. The molecule has 9 heteroatoms. The Morgan fingerprint density at radius 3 is 2.50 bits per heavy atom. The number of fused-ring (bicyclic) bond motifs is 1. The normalized spacial score (nSPS) is 13.4. The Bertz CT molecular complexity index is 865. The molecule has 5 nitrogen and oxygen atoms in total. The number of rotatable bonds is 5. The molecule has 28 heavy (non-hydrogen) atoms. The molecule has 0 fully saturated rings. The van der Waals surface area contributed by atoms with Crippen molar-refractivity contribution in [3.05, 3.63) is 49.8 Å². The zero-order valence-electron chi connectivity index (χ0n) is 15.5. The molecule has 1 aromatic carbocycles. The Hall–Kier alpha value is -1.31. The van der Waals surface area contributed by atoms with Gasteiger partial charge in [0.1, 0.15) is 5.00 Å². The summed E-state index contributed by atoms with van der Waals surface area (Å²) in [6, 6.07) is 4.64. The highest BCUT2D eigenvalue weighted by Crippen LogP contribution is 2.38. The van der Waals surface area contributed by atoms with Crippen LogP contribution in [0.2, 0.25) is 10.0 Å². The second kappa shape index (κ2) is 9.94. The molecule has 152 valence electrons. The van der Waals surface area contributed by atoms with Gasteiger partial charge in [-0.05, 0) is 43.7 Å². The molecular formula is C19H21Cl3N2O3S. The zero-order valence-corrected chi connectivity index (χ0v) is 18.7. The van der Waals surface area contributed by atoms with Crippen molar-refractivity contribution < 1.29 is 14.3 Å². The Kier molecular flexibility index (Phi) is 8.16. The molecule has 0 atom stereocenters. The first kappa shape index (κ1) is 23.0. The summed E-state index contributed by atoms with van der Waals surface area (Å²) in [4.78, 5) is 28.6. The van der Waals surface area contributed by atoms with Gasteiger partial charge in [-0.15, -0.1) is 23.7 Å². The number of hydrogen-bond acceptors (Lipinski definition) is 5. The van der Waals surface area contributed by atoms with E-state index in [1.807, 2.05) is 0 Å². The maximum Gasteiger partial charge on any atom is 0.341 e. The van der Waals surface area contributed by atoms with Crippen molar-refractivity contribution in [1.29, 1.82) is 0 Å². The summed E-state index contributed by atoms with van der Waals surface area (Å²) in [7, 11) is 0. The van der Waals surface area contributed by atoms with Crippen molar-refractivity contribution in [1.82, 2.24) is 4.90 Å². The lowest BCUT2D eigenvalue weighted by molar-refractivity contribution is 0.0526. The molecule has 0 saturated heterocycles. The van der Waals surface area contributed by atoms with E-state index in [0.29, 0.717) is 26.2 Å². The summed E-state index contributed by atoms with van der Waals surface area (Å²) in [5, 5.41) is 4.12. The Labute approximate surface area is 184 Å². The van der Waals surface area contributed by atoms with E-state index in [9.17, 15) is 9.59 Å². The summed E-state index contributed by atoms with van der Waals surface area (Å²) in [5.41, 5.74) is 1.78. The number of carbonyl (C=O) groups is 2. The van der Waals surface area contributed by atoms with E-state index >= 15 is 0 Å². The van der Waals surface area contributed by atoms with E-state index in [-0.39, 0.29) is 24.9 Å². The second-order valence-electron chi connectivity index (χ2n) is 6.16. The fraction of sp³-hybridized carbons (Fsp3) is 0.368. The maximum absolute atomic E-state index is 12.7. The van der Waals surface area contributed by atoms with E-state index in [1.165, 1.54) is 11.3 Å². The van der Waals surface area contributed by atoms with Crippen LogP contribution in [0.3, 0.4) is 0 Å². The summed E-state index contributed by atoms with van der Waals surface area (Å²) in [6.45, 7) is 6.74. The lowest BCUT2D eigenvalue weighted by Crippen LogP contribution is -2.30. The van der Waals surface area contributed by atoms with Crippen LogP contribution in [0.5, 0.6) is 0 Å². The van der Waals surface area contributed by atoms with Crippen molar-refractivity contribution >= 4 is 63.8 Å². The molecule has 1 aliphatic rings. The first-order chi connectivity index (χ1) is 12.9. The molecule has 1 N–H and O–H groups in total. The molecule has 1 aliphatic heterocycles. The van der Waals surface area contributed by atoms with Crippen LogP contribution in [0.15, 0.2) is 18.2 Å². The summed E-state index contributed by atoms with van der Waals surface area (Å²) >= 11 is 13.4. The van der Waals surface area contributed by atoms with Crippen molar-refractivity contribution in [2.45, 2.75) is 26.8 Å². The first-order valence-electron chi connectivity index (χ1n) is 8.74. The number of benzene rings is 1. The fourth-order valence-corrected chi connectivity index (χ4v) is 4.89. The second-order valence-corrected chi connectivity index (χ2v) is 8.14. The number of anilines is 1. The molecule has 0 aliphatic carbocycles. The molecule has 0 unspecified atom stereocenters. The quantitative estimate of drug-likeness (QED) is 0.613. The van der Waals surface area contributed by atoms with Crippen LogP contribution in [-0.2, 0) is 17.7 Å². The number of likely N-dealkylation sites (N-methyl/N-ethyl adjacent to an activating group) is 1. The SMILES string of the molecule is CCOC(=O)c1c(NC(=O)c2cc(Cl)cc(Cl)c2)sc2c1CCN(CC)C2.Cl. The van der Waals surface area contributed by atoms with Gasteiger partial charge in [-0.2, -0.15) is 0 Å².